The minimum absolute atomic E-state index is 0.00227. The number of rotatable bonds is 3. The summed E-state index contributed by atoms with van der Waals surface area (Å²) >= 11 is 0. The Kier molecular flexibility index (Phi) is 2.62. The van der Waals surface area contributed by atoms with Crippen molar-refractivity contribution in [2.24, 2.45) is 5.41 Å². The second-order valence-electron chi connectivity index (χ2n) is 4.84. The van der Waals surface area contributed by atoms with Gasteiger partial charge in [0.1, 0.15) is 5.78 Å². The molecule has 1 saturated heterocycles. The maximum absolute atomic E-state index is 11.4. The van der Waals surface area contributed by atoms with E-state index in [1.165, 1.54) is 0 Å². The van der Waals surface area contributed by atoms with Gasteiger partial charge in [-0.05, 0) is 32.6 Å². The van der Waals surface area contributed by atoms with Crippen LogP contribution in [0.25, 0.3) is 0 Å². The van der Waals surface area contributed by atoms with Gasteiger partial charge in [0.2, 0.25) is 0 Å². The van der Waals surface area contributed by atoms with Gasteiger partial charge in [0.05, 0.1) is 6.10 Å². The molecule has 1 aliphatic carbocycles. The van der Waals surface area contributed by atoms with E-state index in [0.717, 1.165) is 45.3 Å². The van der Waals surface area contributed by atoms with Gasteiger partial charge >= 0.3 is 0 Å². The molecule has 3 heteroatoms. The average molecular weight is 197 g/mol. The smallest absolute Gasteiger partial charge is 0.137 e. The van der Waals surface area contributed by atoms with E-state index < -0.39 is 0 Å². The lowest BCUT2D eigenvalue weighted by Gasteiger charge is -2.31. The number of nitrogens with zero attached hydrogens (tertiary/aromatic N) is 1. The largest absolute Gasteiger partial charge is 0.393 e. The normalized spacial score (nSPS) is 27.6. The number of aliphatic hydroxyl groups is 1. The summed E-state index contributed by atoms with van der Waals surface area (Å²) in [7, 11) is 0. The van der Waals surface area contributed by atoms with Crippen LogP contribution in [0.2, 0.25) is 0 Å². The first kappa shape index (κ1) is 10.1. The van der Waals surface area contributed by atoms with E-state index in [1.807, 2.05) is 0 Å². The first-order chi connectivity index (χ1) is 6.62. The summed E-state index contributed by atoms with van der Waals surface area (Å²) in [6, 6.07) is 0. The van der Waals surface area contributed by atoms with Gasteiger partial charge < -0.3 is 10.0 Å². The molecule has 0 aromatic carbocycles. The minimum atomic E-state index is -0.112. The summed E-state index contributed by atoms with van der Waals surface area (Å²) in [6.45, 7) is 4.55. The molecule has 1 heterocycles. The molecule has 0 unspecified atom stereocenters. The third-order valence-corrected chi connectivity index (χ3v) is 3.68. The van der Waals surface area contributed by atoms with E-state index in [0.29, 0.717) is 5.78 Å². The molecule has 1 aliphatic heterocycles. The maximum atomic E-state index is 11.4. The standard InChI is InChI=1S/C11H19NO2/c1-9(13)11(4-5-11)8-12-6-2-10(14)3-7-12/h10,14H,2-8H2,1H3. The second kappa shape index (κ2) is 3.63. The highest BCUT2D eigenvalue weighted by Gasteiger charge is 2.48. The van der Waals surface area contributed by atoms with Crippen LogP contribution >= 0.6 is 0 Å². The van der Waals surface area contributed by atoms with Crippen LogP contribution in [-0.2, 0) is 4.79 Å². The number of hydrogen-bond donors (Lipinski definition) is 1. The van der Waals surface area contributed by atoms with Crippen LogP contribution in [-0.4, -0.2) is 41.5 Å². The molecule has 0 bridgehead atoms. The molecule has 0 aromatic heterocycles. The average Bonchev–Trinajstić information content (AvgIpc) is 2.90. The third-order valence-electron chi connectivity index (χ3n) is 3.68. The lowest BCUT2D eigenvalue weighted by atomic mass is 9.99. The molecule has 0 aromatic rings. The van der Waals surface area contributed by atoms with E-state index >= 15 is 0 Å². The SMILES string of the molecule is CC(=O)C1(CN2CCC(O)CC2)CC1. The molecule has 0 atom stereocenters. The van der Waals surface area contributed by atoms with E-state index in [9.17, 15) is 9.90 Å². The summed E-state index contributed by atoms with van der Waals surface area (Å²) < 4.78 is 0. The van der Waals surface area contributed by atoms with Gasteiger partial charge in [-0.2, -0.15) is 0 Å². The highest BCUT2D eigenvalue weighted by Crippen LogP contribution is 2.47. The number of hydrogen-bond acceptors (Lipinski definition) is 3. The maximum Gasteiger partial charge on any atom is 0.137 e. The fraction of sp³-hybridized carbons (Fsp3) is 0.909. The van der Waals surface area contributed by atoms with Gasteiger partial charge in [-0.25, -0.2) is 0 Å². The van der Waals surface area contributed by atoms with E-state index in [-0.39, 0.29) is 11.5 Å². The Morgan fingerprint density at radius 3 is 2.43 bits per heavy atom. The monoisotopic (exact) mass is 197 g/mol. The van der Waals surface area contributed by atoms with E-state index in [1.54, 1.807) is 6.92 Å². The molecule has 0 radical (unpaired) electrons. The zero-order valence-corrected chi connectivity index (χ0v) is 8.83. The fourth-order valence-corrected chi connectivity index (χ4v) is 2.28. The number of ketones is 1. The van der Waals surface area contributed by atoms with Gasteiger partial charge in [0.25, 0.3) is 0 Å². The molecule has 14 heavy (non-hydrogen) atoms. The van der Waals surface area contributed by atoms with Crippen molar-refractivity contribution in [3.8, 4) is 0 Å². The summed E-state index contributed by atoms with van der Waals surface area (Å²) in [5.74, 6) is 0.351. The first-order valence-electron chi connectivity index (χ1n) is 5.54. The minimum Gasteiger partial charge on any atom is -0.393 e. The predicted molar refractivity (Wildman–Crippen MR) is 54.0 cm³/mol. The Hall–Kier alpha value is -0.410. The van der Waals surface area contributed by atoms with Crippen LogP contribution in [0.1, 0.15) is 32.6 Å². The van der Waals surface area contributed by atoms with Crippen LogP contribution in [0.15, 0.2) is 0 Å². The molecule has 1 N–H and O–H groups in total. The van der Waals surface area contributed by atoms with Crippen molar-refractivity contribution in [3.63, 3.8) is 0 Å². The zero-order valence-electron chi connectivity index (χ0n) is 8.83. The lowest BCUT2D eigenvalue weighted by Crippen LogP contribution is -2.40. The Morgan fingerprint density at radius 1 is 1.43 bits per heavy atom. The summed E-state index contributed by atoms with van der Waals surface area (Å²) in [6.07, 6.45) is 3.77. The topological polar surface area (TPSA) is 40.5 Å². The Labute approximate surface area is 85.1 Å². The van der Waals surface area contributed by atoms with Crippen LogP contribution < -0.4 is 0 Å². The second-order valence-corrected chi connectivity index (χ2v) is 4.84. The Bertz CT molecular complexity index is 227. The van der Waals surface area contributed by atoms with Crippen molar-refractivity contribution in [2.45, 2.75) is 38.7 Å². The summed E-state index contributed by atoms with van der Waals surface area (Å²) in [5.41, 5.74) is 0.00227. The highest BCUT2D eigenvalue weighted by molar-refractivity contribution is 5.85. The van der Waals surface area contributed by atoms with Crippen LogP contribution in [0, 0.1) is 5.41 Å². The number of likely N-dealkylation sites (tertiary alicyclic amines) is 1. The molecule has 0 amide bonds. The molecule has 2 fully saturated rings. The molecule has 2 rings (SSSR count). The molecule has 1 saturated carbocycles. The van der Waals surface area contributed by atoms with Crippen molar-refractivity contribution < 1.29 is 9.90 Å². The van der Waals surface area contributed by atoms with Crippen LogP contribution in [0.5, 0.6) is 0 Å². The first-order valence-corrected chi connectivity index (χ1v) is 5.54. The van der Waals surface area contributed by atoms with Crippen molar-refractivity contribution >= 4 is 5.78 Å². The number of aliphatic hydroxyl groups excluding tert-OH is 1. The van der Waals surface area contributed by atoms with Gasteiger partial charge in [-0.1, -0.05) is 0 Å². The molecule has 0 spiro atoms. The molecule has 2 aliphatic rings. The number of piperidine rings is 1. The Morgan fingerprint density at radius 2 is 2.00 bits per heavy atom. The molecule has 80 valence electrons. The fourth-order valence-electron chi connectivity index (χ4n) is 2.28. The van der Waals surface area contributed by atoms with E-state index in [4.69, 9.17) is 0 Å². The zero-order chi connectivity index (χ0) is 10.2. The summed E-state index contributed by atoms with van der Waals surface area (Å²) in [4.78, 5) is 13.7. The van der Waals surface area contributed by atoms with Crippen molar-refractivity contribution in [2.75, 3.05) is 19.6 Å². The van der Waals surface area contributed by atoms with Crippen LogP contribution in [0.4, 0.5) is 0 Å². The molecule has 3 nitrogen and oxygen atoms in total. The van der Waals surface area contributed by atoms with Gasteiger partial charge in [0.15, 0.2) is 0 Å². The lowest BCUT2D eigenvalue weighted by molar-refractivity contribution is -0.122. The highest BCUT2D eigenvalue weighted by atomic mass is 16.3. The molecular weight excluding hydrogens is 178 g/mol. The number of Topliss-reactive ketones (excluding diaryl/α,β-unsaturated/α-hetero) is 1. The van der Waals surface area contributed by atoms with Gasteiger partial charge in [-0.15, -0.1) is 0 Å². The van der Waals surface area contributed by atoms with Crippen molar-refractivity contribution in [3.05, 3.63) is 0 Å². The number of carbonyl (C=O) groups is 1. The molecular formula is C11H19NO2. The summed E-state index contributed by atoms with van der Waals surface area (Å²) in [5, 5.41) is 9.36. The number of carbonyl (C=O) groups excluding carboxylic acids is 1. The van der Waals surface area contributed by atoms with E-state index in [2.05, 4.69) is 4.90 Å². The predicted octanol–water partition coefficient (Wildman–Crippen LogP) is 0.812. The quantitative estimate of drug-likeness (QED) is 0.728. The van der Waals surface area contributed by atoms with Crippen molar-refractivity contribution in [1.82, 2.24) is 4.90 Å². The van der Waals surface area contributed by atoms with Gasteiger partial charge in [0, 0.05) is 25.0 Å². The third kappa shape index (κ3) is 1.98. The Balaban J connectivity index is 1.83. The van der Waals surface area contributed by atoms with Crippen LogP contribution in [0.3, 0.4) is 0 Å². The van der Waals surface area contributed by atoms with Crippen molar-refractivity contribution in [1.29, 1.82) is 0 Å². The van der Waals surface area contributed by atoms with Gasteiger partial charge in [-0.3, -0.25) is 4.79 Å².